The van der Waals surface area contributed by atoms with Gasteiger partial charge in [-0.3, -0.25) is 4.79 Å². The topological polar surface area (TPSA) is 59.4 Å². The lowest BCUT2D eigenvalue weighted by Gasteiger charge is -2.16. The van der Waals surface area contributed by atoms with Gasteiger partial charge in [-0.2, -0.15) is 0 Å². The first-order valence-corrected chi connectivity index (χ1v) is 7.92. The highest BCUT2D eigenvalue weighted by molar-refractivity contribution is 7.11. The van der Waals surface area contributed by atoms with Gasteiger partial charge in [0, 0.05) is 10.8 Å². The number of rotatable bonds is 2. The van der Waals surface area contributed by atoms with Gasteiger partial charge in [0.05, 0.1) is 28.8 Å². The van der Waals surface area contributed by atoms with Crippen molar-refractivity contribution in [2.75, 3.05) is 0 Å². The van der Waals surface area contributed by atoms with Gasteiger partial charge in [0.15, 0.2) is 0 Å². The van der Waals surface area contributed by atoms with E-state index in [9.17, 15) is 9.90 Å². The molecule has 2 saturated heterocycles. The van der Waals surface area contributed by atoms with E-state index in [-0.39, 0.29) is 5.92 Å². The first-order chi connectivity index (χ1) is 9.22. The number of carboxylic acid groups (broad SMARTS) is 1. The van der Waals surface area contributed by atoms with Crippen molar-refractivity contribution in [2.45, 2.75) is 62.6 Å². The average Bonchev–Trinajstić information content (AvgIpc) is 3.11. The maximum Gasteiger partial charge on any atom is 0.312 e. The van der Waals surface area contributed by atoms with Gasteiger partial charge in [-0.1, -0.05) is 0 Å². The fourth-order valence-corrected chi connectivity index (χ4v) is 5.07. The number of thiazole rings is 1. The largest absolute Gasteiger partial charge is 0.481 e. The predicted octanol–water partition coefficient (Wildman–Crippen LogP) is 2.68. The molecule has 0 saturated carbocycles. The zero-order valence-electron chi connectivity index (χ0n) is 10.7. The zero-order valence-corrected chi connectivity index (χ0v) is 11.5. The molecular weight excluding hydrogens is 262 g/mol. The molecule has 1 N–H and O–H groups in total. The molecule has 2 bridgehead atoms. The van der Waals surface area contributed by atoms with Crippen LogP contribution in [0.4, 0.5) is 0 Å². The summed E-state index contributed by atoms with van der Waals surface area (Å²) in [7, 11) is 0. The van der Waals surface area contributed by atoms with Gasteiger partial charge >= 0.3 is 5.97 Å². The van der Waals surface area contributed by atoms with Gasteiger partial charge in [-0.15, -0.1) is 11.3 Å². The molecule has 4 nitrogen and oxygen atoms in total. The van der Waals surface area contributed by atoms with Crippen LogP contribution in [-0.4, -0.2) is 28.3 Å². The van der Waals surface area contributed by atoms with Crippen molar-refractivity contribution in [3.05, 3.63) is 15.6 Å². The Labute approximate surface area is 115 Å². The van der Waals surface area contributed by atoms with E-state index in [2.05, 4.69) is 0 Å². The Morgan fingerprint density at radius 3 is 2.95 bits per heavy atom. The second kappa shape index (κ2) is 4.28. The number of carboxylic acids is 1. The maximum absolute atomic E-state index is 11.3. The third kappa shape index (κ3) is 1.82. The summed E-state index contributed by atoms with van der Waals surface area (Å²) < 4.78 is 5.90. The van der Waals surface area contributed by atoms with Crippen LogP contribution < -0.4 is 0 Å². The smallest absolute Gasteiger partial charge is 0.312 e. The Balaban J connectivity index is 1.66. The Morgan fingerprint density at radius 2 is 2.26 bits per heavy atom. The van der Waals surface area contributed by atoms with Gasteiger partial charge in [0.1, 0.15) is 0 Å². The quantitative estimate of drug-likeness (QED) is 0.904. The van der Waals surface area contributed by atoms with Crippen molar-refractivity contribution in [3.8, 4) is 0 Å². The van der Waals surface area contributed by atoms with E-state index in [1.807, 2.05) is 0 Å². The summed E-state index contributed by atoms with van der Waals surface area (Å²) in [6.45, 7) is 0. The number of fused-ring (bicyclic) bond motifs is 3. The SMILES string of the molecule is O=C(O)C1CCCc2sc(C3CC4CCC3O4)nc21. The van der Waals surface area contributed by atoms with Crippen molar-refractivity contribution in [1.82, 2.24) is 4.98 Å². The molecule has 1 aliphatic carbocycles. The van der Waals surface area contributed by atoms with Crippen LogP contribution in [0, 0.1) is 0 Å². The van der Waals surface area contributed by atoms with Gasteiger partial charge in [-0.25, -0.2) is 4.98 Å². The second-order valence-electron chi connectivity index (χ2n) is 5.86. The Morgan fingerprint density at radius 1 is 1.37 bits per heavy atom. The first kappa shape index (κ1) is 11.9. The molecule has 3 aliphatic rings. The normalized spacial score (nSPS) is 36.4. The van der Waals surface area contributed by atoms with E-state index in [0.29, 0.717) is 18.1 Å². The predicted molar refractivity (Wildman–Crippen MR) is 70.7 cm³/mol. The summed E-state index contributed by atoms with van der Waals surface area (Å²) in [4.78, 5) is 17.2. The number of ether oxygens (including phenoxy) is 1. The van der Waals surface area contributed by atoms with Crippen LogP contribution in [-0.2, 0) is 16.0 Å². The number of aliphatic carboxylic acids is 1. The fourth-order valence-electron chi connectivity index (χ4n) is 3.73. The third-order valence-corrected chi connectivity index (χ3v) is 5.95. The molecule has 1 aromatic rings. The lowest BCUT2D eigenvalue weighted by molar-refractivity contribution is -0.139. The lowest BCUT2D eigenvalue weighted by Crippen LogP contribution is -2.18. The van der Waals surface area contributed by atoms with E-state index in [1.54, 1.807) is 11.3 Å². The summed E-state index contributed by atoms with van der Waals surface area (Å²) in [5.74, 6) is -0.681. The van der Waals surface area contributed by atoms with Crippen LogP contribution >= 0.6 is 11.3 Å². The lowest BCUT2D eigenvalue weighted by atomic mass is 9.89. The highest BCUT2D eigenvalue weighted by Crippen LogP contribution is 2.47. The third-order valence-electron chi connectivity index (χ3n) is 4.69. The Hall–Kier alpha value is -0.940. The second-order valence-corrected chi connectivity index (χ2v) is 6.97. The van der Waals surface area contributed by atoms with Gasteiger partial charge < -0.3 is 9.84 Å². The van der Waals surface area contributed by atoms with Crippen LogP contribution in [0.2, 0.25) is 0 Å². The minimum absolute atomic E-state index is 0.334. The molecule has 4 unspecified atom stereocenters. The summed E-state index contributed by atoms with van der Waals surface area (Å²) in [5.41, 5.74) is 0.849. The molecular formula is C14H17NO3S. The van der Waals surface area contributed by atoms with E-state index in [0.717, 1.165) is 42.8 Å². The van der Waals surface area contributed by atoms with Gasteiger partial charge in [0.2, 0.25) is 0 Å². The average molecular weight is 279 g/mol. The molecule has 0 spiro atoms. The van der Waals surface area contributed by atoms with Crippen LogP contribution in [0.1, 0.15) is 59.5 Å². The van der Waals surface area contributed by atoms with E-state index in [4.69, 9.17) is 9.72 Å². The highest BCUT2D eigenvalue weighted by atomic mass is 32.1. The number of hydrogen-bond acceptors (Lipinski definition) is 4. The highest BCUT2D eigenvalue weighted by Gasteiger charge is 2.43. The molecule has 0 aromatic carbocycles. The van der Waals surface area contributed by atoms with Gasteiger partial charge in [0.25, 0.3) is 0 Å². The molecule has 102 valence electrons. The summed E-state index contributed by atoms with van der Waals surface area (Å²) in [6.07, 6.45) is 6.86. The van der Waals surface area contributed by atoms with Crippen LogP contribution in [0.3, 0.4) is 0 Å². The molecule has 0 amide bonds. The molecule has 4 atom stereocenters. The summed E-state index contributed by atoms with van der Waals surface area (Å²) in [6, 6.07) is 0. The van der Waals surface area contributed by atoms with Crippen LogP contribution in [0.5, 0.6) is 0 Å². The first-order valence-electron chi connectivity index (χ1n) is 7.10. The van der Waals surface area contributed by atoms with Crippen molar-refractivity contribution in [1.29, 1.82) is 0 Å². The monoisotopic (exact) mass is 279 g/mol. The molecule has 4 rings (SSSR count). The van der Waals surface area contributed by atoms with Crippen molar-refractivity contribution < 1.29 is 14.6 Å². The summed E-state index contributed by atoms with van der Waals surface area (Å²) >= 11 is 1.74. The Bertz CT molecular complexity index is 527. The molecule has 0 radical (unpaired) electrons. The van der Waals surface area contributed by atoms with Crippen LogP contribution in [0.15, 0.2) is 0 Å². The Kier molecular flexibility index (Phi) is 2.67. The van der Waals surface area contributed by atoms with Crippen molar-refractivity contribution >= 4 is 17.3 Å². The summed E-state index contributed by atoms with van der Waals surface area (Å²) in [5, 5.41) is 10.4. The molecule has 19 heavy (non-hydrogen) atoms. The van der Waals surface area contributed by atoms with Gasteiger partial charge in [-0.05, 0) is 38.5 Å². The van der Waals surface area contributed by atoms with E-state index >= 15 is 0 Å². The van der Waals surface area contributed by atoms with Crippen molar-refractivity contribution in [3.63, 3.8) is 0 Å². The molecule has 2 fully saturated rings. The number of hydrogen-bond donors (Lipinski definition) is 1. The molecule has 2 aliphatic heterocycles. The van der Waals surface area contributed by atoms with E-state index in [1.165, 1.54) is 11.3 Å². The number of aryl methyl sites for hydroxylation is 1. The van der Waals surface area contributed by atoms with Crippen LogP contribution in [0.25, 0.3) is 0 Å². The fraction of sp³-hybridized carbons (Fsp3) is 0.714. The number of carbonyl (C=O) groups is 1. The number of aromatic nitrogens is 1. The molecule has 3 heterocycles. The maximum atomic E-state index is 11.3. The number of nitrogens with zero attached hydrogens (tertiary/aromatic N) is 1. The van der Waals surface area contributed by atoms with Crippen molar-refractivity contribution in [2.24, 2.45) is 0 Å². The zero-order chi connectivity index (χ0) is 13.0. The van der Waals surface area contributed by atoms with E-state index < -0.39 is 5.97 Å². The standard InChI is InChI=1S/C14H17NO3S/c16-14(17)8-2-1-3-11-12(8)15-13(19-11)9-6-7-4-5-10(9)18-7/h7-10H,1-6H2,(H,16,17). The minimum Gasteiger partial charge on any atom is -0.481 e. The molecule has 1 aromatic heterocycles. The minimum atomic E-state index is -0.720. The molecule has 5 heteroatoms.